The van der Waals surface area contributed by atoms with Crippen molar-refractivity contribution in [1.29, 1.82) is 0 Å². The number of benzene rings is 4. The number of rotatable bonds is 6. The minimum Gasteiger partial charge on any atom is -0.366 e. The fraction of sp³-hybridized carbons (Fsp3) is 0.391. The van der Waals surface area contributed by atoms with Crippen LogP contribution in [0.5, 0.6) is 0 Å². The van der Waals surface area contributed by atoms with E-state index in [-0.39, 0.29) is 148 Å². The van der Waals surface area contributed by atoms with Crippen molar-refractivity contribution in [2.45, 2.75) is 99.3 Å². The average molecular weight is 1600 g/mol. The Morgan fingerprint density at radius 1 is 0.366 bits per heavy atom. The van der Waals surface area contributed by atoms with E-state index < -0.39 is 88.7 Å². The molecule has 3 heterocycles. The summed E-state index contributed by atoms with van der Waals surface area (Å²) in [5, 5.41) is 58.7. The van der Waals surface area contributed by atoms with Crippen LogP contribution in [0.25, 0.3) is 10.8 Å². The molecule has 6 amide bonds. The second-order valence-corrected chi connectivity index (χ2v) is 20.4. The molecule has 25 heteroatoms. The van der Waals surface area contributed by atoms with Gasteiger partial charge in [-0.2, -0.15) is 0 Å². The van der Waals surface area contributed by atoms with Crippen molar-refractivity contribution >= 4 is 92.6 Å². The Balaban J connectivity index is 0. The number of carbonyl (C=O) groups is 6. The van der Waals surface area contributed by atoms with E-state index in [1.807, 2.05) is 12.1 Å². The third-order valence-corrected chi connectivity index (χ3v) is 12.9. The summed E-state index contributed by atoms with van der Waals surface area (Å²) in [6.07, 6.45) is -5.53. The summed E-state index contributed by atoms with van der Waals surface area (Å²) in [7, 11) is 0. The van der Waals surface area contributed by atoms with Crippen LogP contribution < -0.4 is 0 Å². The van der Waals surface area contributed by atoms with Crippen LogP contribution in [0, 0.1) is 16.2 Å². The van der Waals surface area contributed by atoms with Crippen LogP contribution in [-0.2, 0) is 117 Å². The molecule has 0 saturated heterocycles. The van der Waals surface area contributed by atoms with Gasteiger partial charge in [-0.15, -0.1) is 0 Å². The van der Waals surface area contributed by atoms with Crippen molar-refractivity contribution in [2.24, 2.45) is 16.2 Å². The Kier molecular flexibility index (Phi) is 28.0. The number of carbonyl (C=O) groups excluding carboxylic acids is 6. The summed E-state index contributed by atoms with van der Waals surface area (Å²) < 4.78 is 0. The van der Waals surface area contributed by atoms with Crippen molar-refractivity contribution in [1.82, 2.24) is 14.7 Å². The molecule has 0 aromatic heterocycles. The molecule has 0 unspecified atom stereocenters. The first-order valence-corrected chi connectivity index (χ1v) is 21.6. The van der Waals surface area contributed by atoms with Gasteiger partial charge < -0.3 is 30.6 Å². The first-order valence-electron chi connectivity index (χ1n) is 20.1. The minimum absolute atomic E-state index is 0. The smallest absolute Gasteiger partial charge is 0.263 e. The average Bonchev–Trinajstić information content (AvgIpc) is 3.59. The van der Waals surface area contributed by atoms with E-state index in [2.05, 4.69) is 0 Å². The van der Waals surface area contributed by atoms with E-state index in [0.29, 0.717) is 27.6 Å². The van der Waals surface area contributed by atoms with Gasteiger partial charge in [-0.25, -0.2) is 0 Å². The van der Waals surface area contributed by atoms with Crippen molar-refractivity contribution in [3.8, 4) is 0 Å². The van der Waals surface area contributed by atoms with Crippen LogP contribution in [0.4, 0.5) is 0 Å². The summed E-state index contributed by atoms with van der Waals surface area (Å²) in [6.45, 7) is 15.5. The first kappa shape index (κ1) is 72.3. The maximum absolute atomic E-state index is 12.9. The van der Waals surface area contributed by atoms with Crippen LogP contribution in [0.2, 0.25) is 20.1 Å². The third-order valence-electron chi connectivity index (χ3n) is 11.1. The van der Waals surface area contributed by atoms with E-state index in [1.54, 1.807) is 111 Å². The molecular formula is C46H49Cl4N3O12Rh6. The third kappa shape index (κ3) is 14.2. The molecular weight excluding hydrogens is 1550 g/mol. The van der Waals surface area contributed by atoms with Crippen LogP contribution in [-0.4, -0.2) is 118 Å². The molecule has 6 N–H and O–H groups in total. The number of fused-ring (bicyclic) bond motifs is 2. The normalized spacial score (nSPS) is 15.2. The molecule has 3 aliphatic rings. The molecule has 3 aliphatic heterocycles. The molecule has 0 spiro atoms. The Morgan fingerprint density at radius 2 is 0.606 bits per heavy atom. The number of aliphatic hydroxyl groups is 6. The second kappa shape index (κ2) is 27.5. The summed E-state index contributed by atoms with van der Waals surface area (Å²) in [5.74, 6) is -3.55. The molecule has 15 nitrogen and oxygen atoms in total. The SMILES string of the molecule is CC(C)(C)[C@@H](C(O)O)N1C(=O)c2c(Cl)c(Cl)c(Cl)c(Cl)c2C1=O.CC(C)(C)[C@@H](C(O)O)N1C(=O)c2cccc3cccc(c23)C1=O.CC(C)(C)[C@@H](C(O)O)N1C(=O)c2ccccc2C1=O.[Rh].[Rh].[Rh].[Rh].[Rh].[Rh]. The molecule has 0 saturated carbocycles. The van der Waals surface area contributed by atoms with E-state index in [9.17, 15) is 59.4 Å². The molecule has 4 aromatic rings. The largest absolute Gasteiger partial charge is 0.366 e. The molecule has 0 bridgehead atoms. The minimum atomic E-state index is -1.94. The number of halogens is 4. The van der Waals surface area contributed by atoms with E-state index in [0.717, 1.165) is 20.1 Å². The number of hydrogen-bond acceptors (Lipinski definition) is 12. The van der Waals surface area contributed by atoms with Crippen LogP contribution in [0.3, 0.4) is 0 Å². The van der Waals surface area contributed by atoms with E-state index >= 15 is 0 Å². The molecule has 0 aliphatic carbocycles. The topological polar surface area (TPSA) is 234 Å². The number of nitrogens with zero attached hydrogens (tertiary/aromatic N) is 3. The van der Waals surface area contributed by atoms with Gasteiger partial charge in [0.15, 0.2) is 18.9 Å². The predicted molar refractivity (Wildman–Crippen MR) is 243 cm³/mol. The van der Waals surface area contributed by atoms with Crippen molar-refractivity contribution in [3.05, 3.63) is 114 Å². The zero-order chi connectivity index (χ0) is 49.2. The Bertz CT molecular complexity index is 2510. The van der Waals surface area contributed by atoms with Crippen molar-refractivity contribution in [2.75, 3.05) is 0 Å². The number of amides is 6. The van der Waals surface area contributed by atoms with E-state index in [1.165, 1.54) is 0 Å². The van der Waals surface area contributed by atoms with Crippen LogP contribution in [0.15, 0.2) is 60.7 Å². The van der Waals surface area contributed by atoms with E-state index in [4.69, 9.17) is 46.4 Å². The Morgan fingerprint density at radius 3 is 0.859 bits per heavy atom. The summed E-state index contributed by atoms with van der Waals surface area (Å²) in [4.78, 5) is 78.4. The predicted octanol–water partition coefficient (Wildman–Crippen LogP) is 6.78. The van der Waals surface area contributed by atoms with Gasteiger partial charge in [0.2, 0.25) is 0 Å². The number of aliphatic hydroxyl groups excluding tert-OH is 3. The quantitative estimate of drug-likeness (QED) is 0.0386. The van der Waals surface area contributed by atoms with Crippen molar-refractivity contribution in [3.63, 3.8) is 0 Å². The molecule has 6 radical (unpaired) electrons. The van der Waals surface area contributed by atoms with Gasteiger partial charge >= 0.3 is 0 Å². The zero-order valence-electron chi connectivity index (χ0n) is 38.7. The van der Waals surface area contributed by atoms with Gasteiger partial charge in [-0.05, 0) is 45.9 Å². The Hall–Kier alpha value is -0.780. The zero-order valence-corrected chi connectivity index (χ0v) is 51.6. The van der Waals surface area contributed by atoms with Gasteiger partial charge in [-0.3, -0.25) is 43.5 Å². The summed E-state index contributed by atoms with van der Waals surface area (Å²) in [6, 6.07) is 13.8. The molecule has 0 fully saturated rings. The standard InChI is InChI=1S/C18H19NO4.C14H13Cl4NO4.C14H17NO4.6Rh/c1-18(2,3)14(17(22)23)19-15(20)11-8-4-6-10-7-5-9-12(13(10)11)16(19)21;1-14(2,3)10(13(22)23)19-11(20)4-5(12(19)21)7(16)9(18)8(17)6(4)15;1-14(2,3)10(13(18)19)15-11(16)8-6-4-5-7-9(8)12(15)17;;;;;;/h4-9,14,17,22-23H,1-3H3;10,13,22-23H,1-3H3;4-7,10,13,18-19H,1-3H3;;;;;;/t14-;2*10-;;;;;;/m111....../s1. The van der Waals surface area contributed by atoms with Gasteiger partial charge in [-0.1, -0.05) is 145 Å². The van der Waals surface area contributed by atoms with Crippen molar-refractivity contribution < 1.29 is 176 Å². The van der Waals surface area contributed by atoms with Gasteiger partial charge in [0.25, 0.3) is 35.4 Å². The second-order valence-electron chi connectivity index (χ2n) is 18.9. The van der Waals surface area contributed by atoms with Crippen LogP contribution >= 0.6 is 46.4 Å². The molecule has 71 heavy (non-hydrogen) atoms. The van der Waals surface area contributed by atoms with Gasteiger partial charge in [0.1, 0.15) is 0 Å². The maximum atomic E-state index is 12.9. The molecule has 402 valence electrons. The molecule has 7 rings (SSSR count). The fourth-order valence-corrected chi connectivity index (χ4v) is 9.30. The summed E-state index contributed by atoms with van der Waals surface area (Å²) >= 11 is 23.9. The Labute approximate surface area is 508 Å². The van der Waals surface area contributed by atoms with Crippen LogP contribution in [0.1, 0.15) is 124 Å². The number of imide groups is 3. The fourth-order valence-electron chi connectivity index (χ4n) is 8.28. The maximum Gasteiger partial charge on any atom is 0.263 e. The summed E-state index contributed by atoms with van der Waals surface area (Å²) in [5.41, 5.74) is -1.07. The molecule has 4 aromatic carbocycles. The van der Waals surface area contributed by atoms with Gasteiger partial charge in [0, 0.05) is 133 Å². The van der Waals surface area contributed by atoms with Gasteiger partial charge in [0.05, 0.1) is 60.5 Å². The monoisotopic (exact) mass is 1590 g/mol. The molecule has 3 atom stereocenters. The number of hydrogen-bond donors (Lipinski definition) is 6. The first-order chi connectivity index (χ1) is 29.9.